The molecule has 0 aromatic carbocycles. The summed E-state index contributed by atoms with van der Waals surface area (Å²) in [6.45, 7) is 0.759. The van der Waals surface area contributed by atoms with Gasteiger partial charge in [-0.15, -0.1) is 23.7 Å². The minimum atomic E-state index is 0. The van der Waals surface area contributed by atoms with Gasteiger partial charge in [-0.1, -0.05) is 0 Å². The number of carbonyl (C=O) groups excluding carboxylic acids is 1. The number of rotatable bonds is 5. The van der Waals surface area contributed by atoms with Crippen LogP contribution in [-0.4, -0.2) is 23.5 Å². The summed E-state index contributed by atoms with van der Waals surface area (Å²) in [4.78, 5) is 18.2. The van der Waals surface area contributed by atoms with Gasteiger partial charge in [0.05, 0.1) is 10.7 Å². The van der Waals surface area contributed by atoms with Gasteiger partial charge in [0.25, 0.3) is 0 Å². The molecule has 1 saturated carbocycles. The third-order valence-corrected chi connectivity index (χ3v) is 5.82. The van der Waals surface area contributed by atoms with Gasteiger partial charge in [-0.3, -0.25) is 4.79 Å². The molecule has 1 aromatic heterocycles. The van der Waals surface area contributed by atoms with E-state index in [0.717, 1.165) is 45.1 Å². The zero-order valence-corrected chi connectivity index (χ0v) is 14.6. The van der Waals surface area contributed by atoms with Crippen LogP contribution < -0.4 is 11.1 Å². The lowest BCUT2D eigenvalue weighted by Crippen LogP contribution is -2.31. The summed E-state index contributed by atoms with van der Waals surface area (Å²) in [6.07, 6.45) is 9.74. The van der Waals surface area contributed by atoms with Crippen molar-refractivity contribution >= 4 is 29.7 Å². The van der Waals surface area contributed by atoms with Crippen molar-refractivity contribution in [2.24, 2.45) is 11.7 Å². The van der Waals surface area contributed by atoms with Crippen molar-refractivity contribution in [3.8, 4) is 0 Å². The molecule has 3 N–H and O–H groups in total. The molecule has 22 heavy (non-hydrogen) atoms. The Morgan fingerprint density at radius 3 is 2.86 bits per heavy atom. The number of thiazole rings is 1. The van der Waals surface area contributed by atoms with Crippen LogP contribution in [0.25, 0.3) is 0 Å². The summed E-state index contributed by atoms with van der Waals surface area (Å²) < 4.78 is 0. The van der Waals surface area contributed by atoms with Gasteiger partial charge < -0.3 is 11.1 Å². The lowest BCUT2D eigenvalue weighted by atomic mass is 10.0. The fourth-order valence-electron chi connectivity index (χ4n) is 3.36. The van der Waals surface area contributed by atoms with Gasteiger partial charge in [0.2, 0.25) is 5.91 Å². The summed E-state index contributed by atoms with van der Waals surface area (Å²) in [5.41, 5.74) is 7.19. The second-order valence-electron chi connectivity index (χ2n) is 6.35. The summed E-state index contributed by atoms with van der Waals surface area (Å²) in [7, 11) is 0. The quantitative estimate of drug-likeness (QED) is 0.807. The summed E-state index contributed by atoms with van der Waals surface area (Å²) in [5, 5.41) is 4.31. The minimum absolute atomic E-state index is 0. The minimum Gasteiger partial charge on any atom is -0.356 e. The fourth-order valence-corrected chi connectivity index (χ4v) is 4.56. The van der Waals surface area contributed by atoms with Crippen molar-refractivity contribution in [1.82, 2.24) is 10.3 Å². The first kappa shape index (κ1) is 17.7. The van der Waals surface area contributed by atoms with Crippen molar-refractivity contribution in [3.63, 3.8) is 0 Å². The van der Waals surface area contributed by atoms with E-state index >= 15 is 0 Å². The number of amides is 1. The van der Waals surface area contributed by atoms with E-state index in [0.29, 0.717) is 0 Å². The van der Waals surface area contributed by atoms with E-state index in [1.807, 2.05) is 11.3 Å². The second kappa shape index (κ2) is 8.27. The third-order valence-electron chi connectivity index (χ3n) is 4.60. The molecule has 0 saturated heterocycles. The maximum atomic E-state index is 12.0. The first-order valence-electron chi connectivity index (χ1n) is 8.23. The predicted octanol–water partition coefficient (Wildman–Crippen LogP) is 2.62. The number of carbonyl (C=O) groups is 1. The van der Waals surface area contributed by atoms with Crippen LogP contribution in [0.1, 0.15) is 54.1 Å². The summed E-state index contributed by atoms with van der Waals surface area (Å²) in [5.74, 6) is 0.341. The molecule has 6 heteroatoms. The number of aromatic nitrogens is 1. The van der Waals surface area contributed by atoms with Crippen molar-refractivity contribution < 1.29 is 4.79 Å². The fraction of sp³-hybridized carbons (Fsp3) is 0.750. The topological polar surface area (TPSA) is 68.0 Å². The Bertz CT molecular complexity index is 482. The Morgan fingerprint density at radius 1 is 1.32 bits per heavy atom. The summed E-state index contributed by atoms with van der Waals surface area (Å²) >= 11 is 1.88. The molecule has 1 heterocycles. The van der Waals surface area contributed by atoms with Crippen LogP contribution in [0.3, 0.4) is 0 Å². The number of fused-ring (bicyclic) bond motifs is 1. The van der Waals surface area contributed by atoms with Crippen molar-refractivity contribution in [3.05, 3.63) is 15.6 Å². The average Bonchev–Trinajstić information content (AvgIpc) is 3.09. The van der Waals surface area contributed by atoms with Crippen molar-refractivity contribution in [2.75, 3.05) is 6.54 Å². The van der Waals surface area contributed by atoms with Gasteiger partial charge in [-0.25, -0.2) is 4.98 Å². The SMILES string of the molecule is Cl.NC1CCC(C(=O)NCCCc2nc3c(s2)CCCC3)C1. The first-order chi connectivity index (χ1) is 10.2. The molecular formula is C16H26ClN3OS. The number of aryl methyl sites for hydroxylation is 3. The van der Waals surface area contributed by atoms with E-state index in [4.69, 9.17) is 10.7 Å². The molecule has 0 spiro atoms. The van der Waals surface area contributed by atoms with E-state index in [2.05, 4.69) is 5.32 Å². The molecule has 2 unspecified atom stereocenters. The van der Waals surface area contributed by atoms with E-state index in [-0.39, 0.29) is 30.3 Å². The molecule has 2 atom stereocenters. The van der Waals surface area contributed by atoms with E-state index in [1.54, 1.807) is 0 Å². The van der Waals surface area contributed by atoms with Crippen LogP contribution in [0, 0.1) is 5.92 Å². The maximum absolute atomic E-state index is 12.0. The molecule has 124 valence electrons. The molecule has 4 nitrogen and oxygen atoms in total. The molecule has 3 rings (SSSR count). The Labute approximate surface area is 142 Å². The highest BCUT2D eigenvalue weighted by Crippen LogP contribution is 2.27. The van der Waals surface area contributed by atoms with Gasteiger partial charge in [0, 0.05) is 29.8 Å². The molecule has 2 aliphatic rings. The van der Waals surface area contributed by atoms with E-state index in [1.165, 1.54) is 34.8 Å². The van der Waals surface area contributed by atoms with Crippen molar-refractivity contribution in [1.29, 1.82) is 0 Å². The zero-order valence-electron chi connectivity index (χ0n) is 13.0. The van der Waals surface area contributed by atoms with Crippen LogP contribution in [0.4, 0.5) is 0 Å². The summed E-state index contributed by atoms with van der Waals surface area (Å²) in [6, 6.07) is 0.224. The molecule has 2 aliphatic carbocycles. The van der Waals surface area contributed by atoms with Crippen LogP contribution in [-0.2, 0) is 24.1 Å². The van der Waals surface area contributed by atoms with Gasteiger partial charge in [-0.2, -0.15) is 0 Å². The maximum Gasteiger partial charge on any atom is 0.223 e. The molecule has 1 fully saturated rings. The molecular weight excluding hydrogens is 318 g/mol. The Kier molecular flexibility index (Phi) is 6.66. The Morgan fingerprint density at radius 2 is 2.14 bits per heavy atom. The van der Waals surface area contributed by atoms with E-state index < -0.39 is 0 Å². The zero-order chi connectivity index (χ0) is 14.7. The van der Waals surface area contributed by atoms with Crippen molar-refractivity contribution in [2.45, 2.75) is 63.8 Å². The number of nitrogens with two attached hydrogens (primary N) is 1. The lowest BCUT2D eigenvalue weighted by Gasteiger charge is -2.10. The molecule has 0 bridgehead atoms. The third kappa shape index (κ3) is 4.43. The van der Waals surface area contributed by atoms with Crippen LogP contribution in [0.15, 0.2) is 0 Å². The first-order valence-corrected chi connectivity index (χ1v) is 9.05. The highest BCUT2D eigenvalue weighted by molar-refractivity contribution is 7.11. The average molecular weight is 344 g/mol. The molecule has 1 amide bonds. The van der Waals surface area contributed by atoms with Crippen LogP contribution in [0.5, 0.6) is 0 Å². The number of halogens is 1. The number of hydrogen-bond acceptors (Lipinski definition) is 4. The smallest absolute Gasteiger partial charge is 0.223 e. The largest absolute Gasteiger partial charge is 0.356 e. The van der Waals surface area contributed by atoms with Crippen LogP contribution >= 0.6 is 23.7 Å². The number of nitrogens with zero attached hydrogens (tertiary/aromatic N) is 1. The van der Waals surface area contributed by atoms with Crippen LogP contribution in [0.2, 0.25) is 0 Å². The lowest BCUT2D eigenvalue weighted by molar-refractivity contribution is -0.124. The molecule has 1 aromatic rings. The monoisotopic (exact) mass is 343 g/mol. The van der Waals surface area contributed by atoms with Gasteiger partial charge in [-0.05, 0) is 51.4 Å². The highest BCUT2D eigenvalue weighted by atomic mass is 35.5. The Balaban J connectivity index is 0.00000176. The normalized spacial score (nSPS) is 23.7. The standard InChI is InChI=1S/C16H25N3OS.ClH/c17-12-8-7-11(10-12)16(20)18-9-3-6-15-19-13-4-1-2-5-14(13)21-15;/h11-12H,1-10,17H2,(H,18,20);1H. The van der Waals surface area contributed by atoms with E-state index in [9.17, 15) is 4.79 Å². The number of hydrogen-bond donors (Lipinski definition) is 2. The second-order valence-corrected chi connectivity index (χ2v) is 7.52. The predicted molar refractivity (Wildman–Crippen MR) is 92.7 cm³/mol. The van der Waals surface area contributed by atoms with Gasteiger partial charge >= 0.3 is 0 Å². The molecule has 0 radical (unpaired) electrons. The van der Waals surface area contributed by atoms with Gasteiger partial charge in [0.15, 0.2) is 0 Å². The Hall–Kier alpha value is -0.650. The highest BCUT2D eigenvalue weighted by Gasteiger charge is 2.27. The molecule has 0 aliphatic heterocycles. The van der Waals surface area contributed by atoms with Gasteiger partial charge in [0.1, 0.15) is 0 Å². The number of nitrogens with one attached hydrogen (secondary N) is 1.